The number of amides is 1. The van der Waals surface area contributed by atoms with Gasteiger partial charge >= 0.3 is 5.97 Å². The smallest absolute Gasteiger partial charge is 0.326 e. The molecule has 0 aliphatic heterocycles. The van der Waals surface area contributed by atoms with E-state index in [0.717, 1.165) is 0 Å². The maximum Gasteiger partial charge on any atom is 0.326 e. The number of rotatable bonds is 5. The second-order valence-corrected chi connectivity index (χ2v) is 5.81. The molecule has 1 aromatic carbocycles. The Morgan fingerprint density at radius 1 is 1.38 bits per heavy atom. The van der Waals surface area contributed by atoms with Crippen molar-refractivity contribution in [1.29, 1.82) is 0 Å². The predicted octanol–water partition coefficient (Wildman–Crippen LogP) is 1.75. The molecule has 0 radical (unpaired) electrons. The fourth-order valence-corrected chi connectivity index (χ4v) is 1.83. The van der Waals surface area contributed by atoms with Gasteiger partial charge in [-0.05, 0) is 11.0 Å². The third-order valence-electron chi connectivity index (χ3n) is 2.90. The van der Waals surface area contributed by atoms with E-state index >= 15 is 0 Å². The van der Waals surface area contributed by atoms with Crippen LogP contribution in [-0.4, -0.2) is 27.9 Å². The van der Waals surface area contributed by atoms with Gasteiger partial charge in [0, 0.05) is 12.1 Å². The molecule has 0 saturated carbocycles. The molecule has 114 valence electrons. The van der Waals surface area contributed by atoms with E-state index in [9.17, 15) is 19.7 Å². The van der Waals surface area contributed by atoms with Crippen molar-refractivity contribution in [1.82, 2.24) is 5.32 Å². The molecule has 1 unspecified atom stereocenters. The second-order valence-electron chi connectivity index (χ2n) is 5.81. The highest BCUT2D eigenvalue weighted by Crippen LogP contribution is 2.20. The molecular formula is C14H18N2O5. The molecule has 0 heterocycles. The number of nitro benzene ring substituents is 1. The van der Waals surface area contributed by atoms with Crippen molar-refractivity contribution >= 4 is 17.6 Å². The Morgan fingerprint density at radius 2 is 2.00 bits per heavy atom. The molecule has 1 amide bonds. The van der Waals surface area contributed by atoms with Gasteiger partial charge in [0.2, 0.25) is 5.91 Å². The summed E-state index contributed by atoms with van der Waals surface area (Å²) in [4.78, 5) is 33.2. The van der Waals surface area contributed by atoms with Gasteiger partial charge in [-0.15, -0.1) is 0 Å². The van der Waals surface area contributed by atoms with E-state index in [1.807, 2.05) is 0 Å². The van der Waals surface area contributed by atoms with E-state index in [2.05, 4.69) is 5.32 Å². The van der Waals surface area contributed by atoms with Crippen LogP contribution >= 0.6 is 0 Å². The van der Waals surface area contributed by atoms with Crippen LogP contribution in [0.2, 0.25) is 0 Å². The Hall–Kier alpha value is -2.44. The number of carboxylic acid groups (broad SMARTS) is 1. The van der Waals surface area contributed by atoms with E-state index < -0.39 is 28.3 Å². The van der Waals surface area contributed by atoms with Crippen LogP contribution in [0, 0.1) is 15.5 Å². The second kappa shape index (κ2) is 6.34. The van der Waals surface area contributed by atoms with Crippen LogP contribution in [0.3, 0.4) is 0 Å². The molecule has 21 heavy (non-hydrogen) atoms. The molecule has 0 aromatic heterocycles. The van der Waals surface area contributed by atoms with Crippen LogP contribution in [0.5, 0.6) is 0 Å². The SMILES string of the molecule is CC(C)(C)C(NC(=O)Cc1cccc([N+](=O)[O-])c1)C(=O)O. The Kier molecular flexibility index (Phi) is 5.02. The summed E-state index contributed by atoms with van der Waals surface area (Å²) in [6.07, 6.45) is -0.110. The number of hydrogen-bond acceptors (Lipinski definition) is 4. The summed E-state index contributed by atoms with van der Waals surface area (Å²) in [5.74, 6) is -1.60. The molecular weight excluding hydrogens is 276 g/mol. The summed E-state index contributed by atoms with van der Waals surface area (Å²) in [5, 5.41) is 22.2. The number of aliphatic carboxylic acids is 1. The first-order valence-corrected chi connectivity index (χ1v) is 6.37. The third-order valence-corrected chi connectivity index (χ3v) is 2.90. The Balaban J connectivity index is 2.79. The van der Waals surface area contributed by atoms with Crippen molar-refractivity contribution < 1.29 is 19.6 Å². The van der Waals surface area contributed by atoms with Crippen LogP contribution < -0.4 is 5.32 Å². The minimum absolute atomic E-state index is 0.106. The van der Waals surface area contributed by atoms with Crippen molar-refractivity contribution in [2.24, 2.45) is 5.41 Å². The van der Waals surface area contributed by atoms with Crippen molar-refractivity contribution in [2.75, 3.05) is 0 Å². The monoisotopic (exact) mass is 294 g/mol. The summed E-state index contributed by atoms with van der Waals surface area (Å²) in [5.41, 5.74) is -0.282. The lowest BCUT2D eigenvalue weighted by molar-refractivity contribution is -0.384. The summed E-state index contributed by atoms with van der Waals surface area (Å²) in [6, 6.07) is 4.67. The number of nitro groups is 1. The molecule has 0 fully saturated rings. The van der Waals surface area contributed by atoms with Gasteiger partial charge in [-0.25, -0.2) is 4.79 Å². The molecule has 0 spiro atoms. The average molecular weight is 294 g/mol. The number of nitrogens with zero attached hydrogens (tertiary/aromatic N) is 1. The van der Waals surface area contributed by atoms with E-state index in [1.54, 1.807) is 26.8 Å². The molecule has 0 aliphatic rings. The highest BCUT2D eigenvalue weighted by molar-refractivity contribution is 5.85. The topological polar surface area (TPSA) is 110 Å². The van der Waals surface area contributed by atoms with Crippen molar-refractivity contribution in [2.45, 2.75) is 33.2 Å². The van der Waals surface area contributed by atoms with Gasteiger partial charge in [0.25, 0.3) is 5.69 Å². The minimum Gasteiger partial charge on any atom is -0.480 e. The highest BCUT2D eigenvalue weighted by Gasteiger charge is 2.32. The van der Waals surface area contributed by atoms with Crippen molar-refractivity contribution in [3.63, 3.8) is 0 Å². The summed E-state index contributed by atoms with van der Waals surface area (Å²) in [7, 11) is 0. The molecule has 0 saturated heterocycles. The summed E-state index contributed by atoms with van der Waals surface area (Å²) < 4.78 is 0. The van der Waals surface area contributed by atoms with Gasteiger partial charge < -0.3 is 10.4 Å². The van der Waals surface area contributed by atoms with Gasteiger partial charge in [0.15, 0.2) is 0 Å². The Bertz CT molecular complexity index is 563. The molecule has 1 aromatic rings. The van der Waals surface area contributed by atoms with E-state index in [4.69, 9.17) is 5.11 Å². The Labute approximate surface area is 122 Å². The molecule has 1 atom stereocenters. The third kappa shape index (κ3) is 4.87. The molecule has 0 bridgehead atoms. The van der Waals surface area contributed by atoms with Gasteiger partial charge in [0.1, 0.15) is 6.04 Å². The fourth-order valence-electron chi connectivity index (χ4n) is 1.83. The lowest BCUT2D eigenvalue weighted by atomic mass is 9.86. The number of benzene rings is 1. The molecule has 0 aliphatic carbocycles. The lowest BCUT2D eigenvalue weighted by Gasteiger charge is -2.27. The Morgan fingerprint density at radius 3 is 2.48 bits per heavy atom. The van der Waals surface area contributed by atoms with E-state index in [0.29, 0.717) is 5.56 Å². The largest absolute Gasteiger partial charge is 0.480 e. The zero-order valence-corrected chi connectivity index (χ0v) is 12.1. The lowest BCUT2D eigenvalue weighted by Crippen LogP contribution is -2.49. The van der Waals surface area contributed by atoms with Crippen LogP contribution in [0.4, 0.5) is 5.69 Å². The summed E-state index contributed by atoms with van der Waals surface area (Å²) >= 11 is 0. The van der Waals surface area contributed by atoms with Crippen LogP contribution in [0.15, 0.2) is 24.3 Å². The van der Waals surface area contributed by atoms with Crippen molar-refractivity contribution in [3.05, 3.63) is 39.9 Å². The van der Waals surface area contributed by atoms with Crippen LogP contribution in [0.25, 0.3) is 0 Å². The quantitative estimate of drug-likeness (QED) is 0.635. The fraction of sp³-hybridized carbons (Fsp3) is 0.429. The molecule has 1 rings (SSSR count). The van der Waals surface area contributed by atoms with Gasteiger partial charge in [0.05, 0.1) is 11.3 Å². The zero-order chi connectivity index (χ0) is 16.2. The first-order valence-electron chi connectivity index (χ1n) is 6.37. The first kappa shape index (κ1) is 16.6. The molecule has 7 heteroatoms. The maximum absolute atomic E-state index is 11.9. The predicted molar refractivity (Wildman–Crippen MR) is 75.8 cm³/mol. The summed E-state index contributed by atoms with van der Waals surface area (Å²) in [6.45, 7) is 5.12. The zero-order valence-electron chi connectivity index (χ0n) is 12.1. The maximum atomic E-state index is 11.9. The van der Waals surface area contributed by atoms with Crippen molar-refractivity contribution in [3.8, 4) is 0 Å². The number of hydrogen-bond donors (Lipinski definition) is 2. The highest BCUT2D eigenvalue weighted by atomic mass is 16.6. The first-order chi connectivity index (χ1) is 9.61. The van der Waals surface area contributed by atoms with E-state index in [-0.39, 0.29) is 12.1 Å². The van der Waals surface area contributed by atoms with E-state index in [1.165, 1.54) is 18.2 Å². The standard InChI is InChI=1S/C14H18N2O5/c1-14(2,3)12(13(18)19)15-11(17)8-9-5-4-6-10(7-9)16(20)21/h4-7,12H,8H2,1-3H3,(H,15,17)(H,18,19). The van der Waals surface area contributed by atoms with Gasteiger partial charge in [-0.2, -0.15) is 0 Å². The molecule has 2 N–H and O–H groups in total. The normalized spacial score (nSPS) is 12.5. The van der Waals surface area contributed by atoms with Gasteiger partial charge in [-0.1, -0.05) is 32.9 Å². The van der Waals surface area contributed by atoms with Crippen LogP contribution in [0.1, 0.15) is 26.3 Å². The number of nitrogens with one attached hydrogen (secondary N) is 1. The average Bonchev–Trinajstić information content (AvgIpc) is 2.34. The number of carboxylic acids is 1. The minimum atomic E-state index is -1.12. The number of non-ortho nitro benzene ring substituents is 1. The molecule has 7 nitrogen and oxygen atoms in total. The number of carbonyl (C=O) groups excluding carboxylic acids is 1. The van der Waals surface area contributed by atoms with Gasteiger partial charge in [-0.3, -0.25) is 14.9 Å². The van der Waals surface area contributed by atoms with Crippen LogP contribution in [-0.2, 0) is 16.0 Å². The number of carbonyl (C=O) groups is 2.